The molecule has 0 saturated heterocycles. The number of carbonyl (C=O) groups excluding carboxylic acids is 1. The average molecular weight is 389 g/mol. The molecule has 0 bridgehead atoms. The van der Waals surface area contributed by atoms with Crippen LogP contribution in [0.4, 0.5) is 11.4 Å². The van der Waals surface area contributed by atoms with Crippen LogP contribution in [0.15, 0.2) is 42.5 Å². The van der Waals surface area contributed by atoms with Crippen molar-refractivity contribution in [2.75, 3.05) is 10.2 Å². The first kappa shape index (κ1) is 21.0. The summed E-state index contributed by atoms with van der Waals surface area (Å²) in [6, 6.07) is 15.1. The minimum atomic E-state index is 0.113. The number of nitrogens with one attached hydrogen (secondary N) is 1. The van der Waals surface area contributed by atoms with E-state index in [0.717, 1.165) is 36.2 Å². The van der Waals surface area contributed by atoms with Gasteiger partial charge in [0.05, 0.1) is 6.04 Å². The molecule has 0 aromatic heterocycles. The molecule has 3 unspecified atom stereocenters. The number of carbonyl (C=O) groups is 1. The van der Waals surface area contributed by atoms with Crippen molar-refractivity contribution in [3.8, 4) is 11.8 Å². The predicted octanol–water partition coefficient (Wildman–Crippen LogP) is 6.08. The Kier molecular flexibility index (Phi) is 6.64. The summed E-state index contributed by atoms with van der Waals surface area (Å²) in [5.74, 6) is 6.83. The highest BCUT2D eigenvalue weighted by molar-refractivity contribution is 5.94. The molecule has 3 nitrogen and oxygen atoms in total. The number of hydrogen-bond acceptors (Lipinski definition) is 2. The normalized spacial score (nSPS) is 20.4. The van der Waals surface area contributed by atoms with Crippen LogP contribution in [0.3, 0.4) is 0 Å². The van der Waals surface area contributed by atoms with Crippen LogP contribution < -0.4 is 10.2 Å². The van der Waals surface area contributed by atoms with E-state index in [1.807, 2.05) is 4.90 Å². The summed E-state index contributed by atoms with van der Waals surface area (Å²) >= 11 is 0. The Hall–Kier alpha value is -2.73. The van der Waals surface area contributed by atoms with Crippen molar-refractivity contribution in [2.24, 2.45) is 5.92 Å². The van der Waals surface area contributed by atoms with E-state index in [1.165, 1.54) is 11.1 Å². The van der Waals surface area contributed by atoms with Gasteiger partial charge in [-0.05, 0) is 55.7 Å². The van der Waals surface area contributed by atoms with Crippen LogP contribution in [0.25, 0.3) is 0 Å². The van der Waals surface area contributed by atoms with Gasteiger partial charge >= 0.3 is 0 Å². The Balaban J connectivity index is 1.94. The Labute approximate surface area is 175 Å². The maximum atomic E-state index is 12.5. The number of aryl methyl sites for hydroxylation is 1. The third-order valence-corrected chi connectivity index (χ3v) is 5.81. The summed E-state index contributed by atoms with van der Waals surface area (Å²) in [4.78, 5) is 14.5. The van der Waals surface area contributed by atoms with E-state index in [4.69, 9.17) is 0 Å². The molecule has 1 heterocycles. The third-order valence-electron chi connectivity index (χ3n) is 5.81. The largest absolute Gasteiger partial charge is 0.378 e. The van der Waals surface area contributed by atoms with Crippen LogP contribution in [0.1, 0.15) is 69.7 Å². The fraction of sp³-hybridized carbons (Fsp3) is 0.423. The van der Waals surface area contributed by atoms with E-state index >= 15 is 0 Å². The second-order valence-electron chi connectivity index (χ2n) is 8.04. The fourth-order valence-electron chi connectivity index (χ4n) is 4.35. The highest BCUT2D eigenvalue weighted by Gasteiger charge is 2.39. The van der Waals surface area contributed by atoms with Gasteiger partial charge in [-0.25, -0.2) is 0 Å². The topological polar surface area (TPSA) is 32.3 Å². The third kappa shape index (κ3) is 4.48. The second kappa shape index (κ2) is 9.18. The maximum Gasteiger partial charge on any atom is 0.224 e. The number of amides is 1. The first-order valence-corrected chi connectivity index (χ1v) is 10.7. The number of unbranched alkanes of at least 4 members (excludes halogenated alkanes) is 1. The van der Waals surface area contributed by atoms with Crippen molar-refractivity contribution in [2.45, 2.75) is 66.0 Å². The molecule has 2 aromatic rings. The molecule has 1 N–H and O–H groups in total. The van der Waals surface area contributed by atoms with Crippen LogP contribution >= 0.6 is 0 Å². The van der Waals surface area contributed by atoms with Crippen LogP contribution in [-0.2, 0) is 4.79 Å². The number of hydrogen-bond donors (Lipinski definition) is 1. The van der Waals surface area contributed by atoms with Crippen LogP contribution in [0.5, 0.6) is 0 Å². The summed E-state index contributed by atoms with van der Waals surface area (Å²) in [7, 11) is 0. The summed E-state index contributed by atoms with van der Waals surface area (Å²) in [6.45, 7) is 10.3. The summed E-state index contributed by atoms with van der Waals surface area (Å²) in [5.41, 5.74) is 5.58. The number of fused-ring (bicyclic) bond motifs is 1. The standard InChI is InChI=1S/C26H32N2O/c1-6-8-9-10-21-12-14-22(15-13-21)27-26-19(4)24(7-2)28(20(5)29)25-16-11-18(3)17-23(25)26/h11-17,19,24,26-27H,6-8H2,1-5H3. The molecule has 0 aliphatic carbocycles. The van der Waals surface area contributed by atoms with Crippen molar-refractivity contribution in [1.29, 1.82) is 0 Å². The molecule has 3 heteroatoms. The SMILES string of the molecule is CCCC#Cc1ccc(NC2c3cc(C)ccc3N(C(C)=O)C(CC)C2C)cc1. The van der Waals surface area contributed by atoms with Crippen molar-refractivity contribution in [1.82, 2.24) is 0 Å². The monoisotopic (exact) mass is 388 g/mol. The van der Waals surface area contributed by atoms with Gasteiger partial charge in [-0.2, -0.15) is 0 Å². The van der Waals surface area contributed by atoms with E-state index in [9.17, 15) is 4.79 Å². The molecule has 0 fully saturated rings. The van der Waals surface area contributed by atoms with E-state index < -0.39 is 0 Å². The number of nitrogens with zero attached hydrogens (tertiary/aromatic N) is 1. The van der Waals surface area contributed by atoms with Crippen molar-refractivity contribution in [3.63, 3.8) is 0 Å². The van der Waals surface area contributed by atoms with Gasteiger partial charge < -0.3 is 10.2 Å². The summed E-state index contributed by atoms with van der Waals surface area (Å²) in [6.07, 6.45) is 2.94. The molecule has 2 aromatic carbocycles. The molecule has 1 aliphatic heterocycles. The molecule has 3 rings (SSSR count). The second-order valence-corrected chi connectivity index (χ2v) is 8.04. The maximum absolute atomic E-state index is 12.5. The Morgan fingerprint density at radius 3 is 2.48 bits per heavy atom. The van der Waals surface area contributed by atoms with Gasteiger partial charge in [0.1, 0.15) is 0 Å². The lowest BCUT2D eigenvalue weighted by molar-refractivity contribution is -0.117. The number of anilines is 2. The zero-order chi connectivity index (χ0) is 21.0. The molecule has 0 saturated carbocycles. The lowest BCUT2D eigenvalue weighted by Gasteiger charge is -2.45. The number of rotatable bonds is 4. The Morgan fingerprint density at radius 1 is 1.14 bits per heavy atom. The quantitative estimate of drug-likeness (QED) is 0.644. The smallest absolute Gasteiger partial charge is 0.224 e. The van der Waals surface area contributed by atoms with E-state index in [0.29, 0.717) is 5.92 Å². The summed E-state index contributed by atoms with van der Waals surface area (Å²) in [5, 5.41) is 3.75. The predicted molar refractivity (Wildman–Crippen MR) is 122 cm³/mol. The van der Waals surface area contributed by atoms with Gasteiger partial charge in [0, 0.05) is 42.2 Å². The van der Waals surface area contributed by atoms with Gasteiger partial charge in [-0.15, -0.1) is 0 Å². The molecule has 1 amide bonds. The number of benzene rings is 2. The zero-order valence-electron chi connectivity index (χ0n) is 18.3. The van der Waals surface area contributed by atoms with Gasteiger partial charge in [0.2, 0.25) is 5.91 Å². The van der Waals surface area contributed by atoms with Gasteiger partial charge in [-0.3, -0.25) is 4.79 Å². The Morgan fingerprint density at radius 2 is 1.86 bits per heavy atom. The first-order chi connectivity index (χ1) is 14.0. The van der Waals surface area contributed by atoms with E-state index in [-0.39, 0.29) is 18.0 Å². The summed E-state index contributed by atoms with van der Waals surface area (Å²) < 4.78 is 0. The lowest BCUT2D eigenvalue weighted by atomic mass is 9.80. The van der Waals surface area contributed by atoms with Crippen molar-refractivity contribution >= 4 is 17.3 Å². The average Bonchev–Trinajstić information content (AvgIpc) is 2.70. The molecule has 1 aliphatic rings. The minimum Gasteiger partial charge on any atom is -0.378 e. The molecule has 0 radical (unpaired) electrons. The molecular weight excluding hydrogens is 356 g/mol. The van der Waals surface area contributed by atoms with Gasteiger partial charge in [0.25, 0.3) is 0 Å². The van der Waals surface area contributed by atoms with E-state index in [1.54, 1.807) is 6.92 Å². The molecule has 29 heavy (non-hydrogen) atoms. The minimum absolute atomic E-state index is 0.113. The van der Waals surface area contributed by atoms with E-state index in [2.05, 4.69) is 87.3 Å². The highest BCUT2D eigenvalue weighted by Crippen LogP contribution is 2.43. The molecule has 152 valence electrons. The molecular formula is C26H32N2O. The van der Waals surface area contributed by atoms with Crippen LogP contribution in [-0.4, -0.2) is 11.9 Å². The van der Waals surface area contributed by atoms with Crippen LogP contribution in [0, 0.1) is 24.7 Å². The zero-order valence-corrected chi connectivity index (χ0v) is 18.3. The van der Waals surface area contributed by atoms with Gasteiger partial charge in [0.15, 0.2) is 0 Å². The van der Waals surface area contributed by atoms with Crippen LogP contribution in [0.2, 0.25) is 0 Å². The molecule has 3 atom stereocenters. The molecule has 0 spiro atoms. The van der Waals surface area contributed by atoms with Crippen molar-refractivity contribution in [3.05, 3.63) is 59.2 Å². The van der Waals surface area contributed by atoms with Gasteiger partial charge in [-0.1, -0.05) is 50.3 Å². The lowest BCUT2D eigenvalue weighted by Crippen LogP contribution is -2.49. The fourth-order valence-corrected chi connectivity index (χ4v) is 4.35. The highest BCUT2D eigenvalue weighted by atomic mass is 16.2. The first-order valence-electron chi connectivity index (χ1n) is 10.7. The van der Waals surface area contributed by atoms with Crippen molar-refractivity contribution < 1.29 is 4.79 Å². The Bertz CT molecular complexity index is 920.